The summed E-state index contributed by atoms with van der Waals surface area (Å²) in [5.74, 6) is -0.312. The number of aliphatic hydroxyl groups excluding tert-OH is 1. The minimum atomic E-state index is -0.643. The number of nitrogens with one attached hydrogen (secondary N) is 1. The number of methoxy groups -OCH3 is 1. The molecule has 106 valence electrons. The van der Waals surface area contributed by atoms with Crippen molar-refractivity contribution in [3.8, 4) is 0 Å². The van der Waals surface area contributed by atoms with Crippen LogP contribution in [0.25, 0.3) is 0 Å². The Morgan fingerprint density at radius 3 is 2.37 bits per heavy atom. The maximum absolute atomic E-state index is 11.7. The Morgan fingerprint density at radius 1 is 1.32 bits per heavy atom. The van der Waals surface area contributed by atoms with Gasteiger partial charge in [-0.25, -0.2) is 0 Å². The van der Waals surface area contributed by atoms with E-state index in [2.05, 4.69) is 5.32 Å². The molecule has 1 rings (SSSR count). The highest BCUT2D eigenvalue weighted by Crippen LogP contribution is 2.21. The Kier molecular flexibility index (Phi) is 5.51. The highest BCUT2D eigenvalue weighted by atomic mass is 16.5. The molecule has 1 aromatic rings. The fraction of sp³-hybridized carbons (Fsp3) is 0.533. The SMILES string of the molecule is COC(=O)C(NCC(O)c1ccccc1)C(C)(C)C. The zero-order valence-corrected chi connectivity index (χ0v) is 12.0. The third-order valence-corrected chi connectivity index (χ3v) is 3.00. The monoisotopic (exact) mass is 265 g/mol. The second-order valence-corrected chi connectivity index (χ2v) is 5.66. The van der Waals surface area contributed by atoms with Crippen LogP contribution in [0, 0.1) is 5.41 Å². The number of hydrogen-bond donors (Lipinski definition) is 2. The summed E-state index contributed by atoms with van der Waals surface area (Å²) >= 11 is 0. The summed E-state index contributed by atoms with van der Waals surface area (Å²) in [6, 6.07) is 8.92. The van der Waals surface area contributed by atoms with Gasteiger partial charge in [-0.15, -0.1) is 0 Å². The van der Waals surface area contributed by atoms with Gasteiger partial charge in [0, 0.05) is 6.54 Å². The van der Waals surface area contributed by atoms with E-state index in [0.29, 0.717) is 6.54 Å². The molecule has 0 aromatic heterocycles. The molecule has 4 nitrogen and oxygen atoms in total. The molecule has 0 heterocycles. The standard InChI is InChI=1S/C15H23NO3/c1-15(2,3)13(14(18)19-4)16-10-12(17)11-8-6-5-7-9-11/h5-9,12-13,16-17H,10H2,1-4H3. The van der Waals surface area contributed by atoms with E-state index < -0.39 is 12.1 Å². The summed E-state index contributed by atoms with van der Waals surface area (Å²) in [6.07, 6.45) is -0.643. The van der Waals surface area contributed by atoms with Crippen LogP contribution in [0.5, 0.6) is 0 Å². The Hall–Kier alpha value is -1.39. The number of esters is 1. The number of aliphatic hydroxyl groups is 1. The molecule has 2 unspecified atom stereocenters. The highest BCUT2D eigenvalue weighted by molar-refractivity contribution is 5.76. The van der Waals surface area contributed by atoms with E-state index in [1.54, 1.807) is 0 Å². The van der Waals surface area contributed by atoms with Gasteiger partial charge in [-0.2, -0.15) is 0 Å². The lowest BCUT2D eigenvalue weighted by atomic mass is 9.86. The molecule has 0 aliphatic heterocycles. The maximum Gasteiger partial charge on any atom is 0.323 e. The van der Waals surface area contributed by atoms with Crippen LogP contribution in [0.4, 0.5) is 0 Å². The minimum Gasteiger partial charge on any atom is -0.468 e. The lowest BCUT2D eigenvalue weighted by Gasteiger charge is -2.30. The predicted octanol–water partition coefficient (Wildman–Crippen LogP) is 1.90. The number of carbonyl (C=O) groups excluding carboxylic acids is 1. The first kappa shape index (κ1) is 15.7. The van der Waals surface area contributed by atoms with Gasteiger partial charge in [0.2, 0.25) is 0 Å². The van der Waals surface area contributed by atoms with Crippen molar-refractivity contribution >= 4 is 5.97 Å². The average Bonchev–Trinajstić information content (AvgIpc) is 2.37. The molecule has 0 saturated carbocycles. The van der Waals surface area contributed by atoms with E-state index in [9.17, 15) is 9.90 Å². The molecule has 4 heteroatoms. The van der Waals surface area contributed by atoms with Gasteiger partial charge in [-0.1, -0.05) is 51.1 Å². The van der Waals surface area contributed by atoms with Crippen LogP contribution in [0.15, 0.2) is 30.3 Å². The van der Waals surface area contributed by atoms with Crippen molar-refractivity contribution in [3.05, 3.63) is 35.9 Å². The van der Waals surface area contributed by atoms with Gasteiger partial charge in [0.25, 0.3) is 0 Å². The number of benzene rings is 1. The molecule has 0 radical (unpaired) electrons. The zero-order chi connectivity index (χ0) is 14.5. The molecule has 19 heavy (non-hydrogen) atoms. The number of hydrogen-bond acceptors (Lipinski definition) is 4. The lowest BCUT2D eigenvalue weighted by molar-refractivity contribution is -0.146. The van der Waals surface area contributed by atoms with E-state index >= 15 is 0 Å². The molecule has 0 aliphatic rings. The van der Waals surface area contributed by atoms with Crippen LogP contribution in [-0.2, 0) is 9.53 Å². The lowest BCUT2D eigenvalue weighted by Crippen LogP contribution is -2.48. The Balaban J connectivity index is 2.65. The molecular formula is C15H23NO3. The van der Waals surface area contributed by atoms with Crippen molar-refractivity contribution in [2.24, 2.45) is 5.41 Å². The average molecular weight is 265 g/mol. The minimum absolute atomic E-state index is 0.274. The smallest absolute Gasteiger partial charge is 0.323 e. The van der Waals surface area contributed by atoms with E-state index in [1.165, 1.54) is 7.11 Å². The first-order valence-corrected chi connectivity index (χ1v) is 6.40. The van der Waals surface area contributed by atoms with Crippen LogP contribution in [0.3, 0.4) is 0 Å². The molecule has 2 atom stereocenters. The molecule has 0 spiro atoms. The molecule has 0 bridgehead atoms. The fourth-order valence-electron chi connectivity index (χ4n) is 1.88. The number of ether oxygens (including phenoxy) is 1. The summed E-state index contributed by atoms with van der Waals surface area (Å²) in [5, 5.41) is 13.2. The maximum atomic E-state index is 11.7. The van der Waals surface area contributed by atoms with Gasteiger partial charge in [0.05, 0.1) is 13.2 Å². The normalized spacial score (nSPS) is 14.8. The molecular weight excluding hydrogens is 242 g/mol. The van der Waals surface area contributed by atoms with Crippen LogP contribution in [0.1, 0.15) is 32.4 Å². The molecule has 0 fully saturated rings. The number of rotatable bonds is 5. The summed E-state index contributed by atoms with van der Waals surface area (Å²) < 4.78 is 4.79. The van der Waals surface area contributed by atoms with Gasteiger partial charge in [0.15, 0.2) is 0 Å². The van der Waals surface area contributed by atoms with Crippen LogP contribution in [-0.4, -0.2) is 30.8 Å². The van der Waals surface area contributed by atoms with Gasteiger partial charge in [-0.05, 0) is 11.0 Å². The van der Waals surface area contributed by atoms with Crippen molar-refractivity contribution < 1.29 is 14.6 Å². The zero-order valence-electron chi connectivity index (χ0n) is 12.0. The summed E-state index contributed by atoms with van der Waals surface area (Å²) in [7, 11) is 1.37. The fourth-order valence-corrected chi connectivity index (χ4v) is 1.88. The first-order chi connectivity index (χ1) is 8.86. The van der Waals surface area contributed by atoms with Crippen LogP contribution in [0.2, 0.25) is 0 Å². The van der Waals surface area contributed by atoms with Crippen molar-refractivity contribution in [3.63, 3.8) is 0 Å². The van der Waals surface area contributed by atoms with E-state index in [0.717, 1.165) is 5.56 Å². The molecule has 1 aromatic carbocycles. The van der Waals surface area contributed by atoms with Gasteiger partial charge >= 0.3 is 5.97 Å². The largest absolute Gasteiger partial charge is 0.468 e. The van der Waals surface area contributed by atoms with Crippen molar-refractivity contribution in [1.29, 1.82) is 0 Å². The summed E-state index contributed by atoms with van der Waals surface area (Å²) in [5.41, 5.74) is 0.552. The third kappa shape index (κ3) is 4.65. The van der Waals surface area contributed by atoms with Crippen LogP contribution >= 0.6 is 0 Å². The second-order valence-electron chi connectivity index (χ2n) is 5.66. The highest BCUT2D eigenvalue weighted by Gasteiger charge is 2.32. The van der Waals surface area contributed by atoms with Crippen molar-refractivity contribution in [2.75, 3.05) is 13.7 Å². The second kappa shape index (κ2) is 6.68. The molecule has 0 amide bonds. The molecule has 2 N–H and O–H groups in total. The number of carbonyl (C=O) groups is 1. The Morgan fingerprint density at radius 2 is 1.89 bits per heavy atom. The Labute approximate surface area is 114 Å². The third-order valence-electron chi connectivity index (χ3n) is 3.00. The predicted molar refractivity (Wildman–Crippen MR) is 74.7 cm³/mol. The van der Waals surface area contributed by atoms with Gasteiger partial charge in [0.1, 0.15) is 6.04 Å². The van der Waals surface area contributed by atoms with Gasteiger partial charge < -0.3 is 15.2 Å². The van der Waals surface area contributed by atoms with Crippen LogP contribution < -0.4 is 5.32 Å². The topological polar surface area (TPSA) is 58.6 Å². The quantitative estimate of drug-likeness (QED) is 0.798. The summed E-state index contributed by atoms with van der Waals surface area (Å²) in [6.45, 7) is 6.17. The van der Waals surface area contributed by atoms with E-state index in [4.69, 9.17) is 4.74 Å². The molecule has 0 saturated heterocycles. The van der Waals surface area contributed by atoms with E-state index in [-0.39, 0.29) is 11.4 Å². The van der Waals surface area contributed by atoms with Crippen molar-refractivity contribution in [2.45, 2.75) is 32.9 Å². The summed E-state index contributed by atoms with van der Waals surface area (Å²) in [4.78, 5) is 11.7. The van der Waals surface area contributed by atoms with E-state index in [1.807, 2.05) is 51.1 Å². The Bertz CT molecular complexity index is 398. The molecule has 0 aliphatic carbocycles. The van der Waals surface area contributed by atoms with Crippen molar-refractivity contribution in [1.82, 2.24) is 5.32 Å². The first-order valence-electron chi connectivity index (χ1n) is 6.40. The van der Waals surface area contributed by atoms with Gasteiger partial charge in [-0.3, -0.25) is 4.79 Å².